The first-order valence-electron chi connectivity index (χ1n) is 9.26. The van der Waals surface area contributed by atoms with E-state index < -0.39 is 4.92 Å². The number of non-ortho nitro benzene ring substituents is 1. The lowest BCUT2D eigenvalue weighted by Gasteiger charge is -2.20. The summed E-state index contributed by atoms with van der Waals surface area (Å²) in [6, 6.07) is 10.2. The van der Waals surface area contributed by atoms with Crippen LogP contribution >= 0.6 is 11.8 Å². The number of nitro benzene ring substituents is 1. The summed E-state index contributed by atoms with van der Waals surface area (Å²) in [7, 11) is 0. The van der Waals surface area contributed by atoms with Crippen LogP contribution in [0.2, 0.25) is 0 Å². The highest BCUT2D eigenvalue weighted by molar-refractivity contribution is 7.98. The first-order valence-corrected chi connectivity index (χ1v) is 10.2. The zero-order valence-electron chi connectivity index (χ0n) is 15.6. The van der Waals surface area contributed by atoms with Gasteiger partial charge in [0.15, 0.2) is 5.78 Å². The Bertz CT molecular complexity index is 1270. The Morgan fingerprint density at radius 1 is 1.23 bits per heavy atom. The second kappa shape index (κ2) is 7.38. The predicted molar refractivity (Wildman–Crippen MR) is 108 cm³/mol. The molecule has 10 heteroatoms. The molecule has 4 aromatic rings. The molecule has 0 fully saturated rings. The van der Waals surface area contributed by atoms with E-state index in [1.807, 2.05) is 18.2 Å². The zero-order valence-corrected chi connectivity index (χ0v) is 16.4. The van der Waals surface area contributed by atoms with Crippen LogP contribution in [0, 0.1) is 10.1 Å². The molecule has 0 amide bonds. The van der Waals surface area contributed by atoms with Crippen molar-refractivity contribution in [1.29, 1.82) is 0 Å². The number of furan rings is 1. The van der Waals surface area contributed by atoms with Crippen molar-refractivity contribution in [3.05, 3.63) is 81.6 Å². The van der Waals surface area contributed by atoms with Gasteiger partial charge in [-0.2, -0.15) is 4.98 Å². The molecule has 0 N–H and O–H groups in total. The number of thioether (sulfide) groups is 1. The fraction of sp³-hybridized carbons (Fsp3) is 0.200. The minimum absolute atomic E-state index is 0.00773. The molecule has 0 spiro atoms. The van der Waals surface area contributed by atoms with Crippen molar-refractivity contribution in [2.45, 2.75) is 29.7 Å². The Morgan fingerprint density at radius 2 is 2.13 bits per heavy atom. The maximum Gasteiger partial charge on any atom is 0.269 e. The largest absolute Gasteiger partial charge is 0.469 e. The Hall–Kier alpha value is -3.53. The molecule has 0 saturated heterocycles. The molecular weight excluding hydrogens is 406 g/mol. The minimum Gasteiger partial charge on any atom is -0.469 e. The lowest BCUT2D eigenvalue weighted by Crippen LogP contribution is -2.21. The van der Waals surface area contributed by atoms with Crippen molar-refractivity contribution in [3.8, 4) is 0 Å². The van der Waals surface area contributed by atoms with Gasteiger partial charge < -0.3 is 4.42 Å². The number of Topliss-reactive ketones (excluding diaryl/α,β-unsaturated/α-hetero) is 1. The van der Waals surface area contributed by atoms with Crippen LogP contribution in [0.4, 0.5) is 5.69 Å². The molecule has 1 aromatic carbocycles. The molecule has 3 aromatic heterocycles. The third-order valence-corrected chi connectivity index (χ3v) is 5.91. The van der Waals surface area contributed by atoms with Gasteiger partial charge in [-0.1, -0.05) is 23.9 Å². The average Bonchev–Trinajstić information content (AvgIpc) is 3.40. The fourth-order valence-corrected chi connectivity index (χ4v) is 4.33. The number of carbonyl (C=O) groups excluding carboxylic acids is 1. The quantitative estimate of drug-likeness (QED) is 0.271. The standard InChI is InChI=1S/C20H15N5O4S/c26-17-9-13(18-5-2-6-29-18)8-16-15(17)10-24-19(21-16)22-20(23-24)30-11-12-3-1-4-14(7-12)25(27)28/h1-7,10,13H,8-9,11H2/t13-/m0/s1. The van der Waals surface area contributed by atoms with Gasteiger partial charge in [-0.15, -0.1) is 5.10 Å². The van der Waals surface area contributed by atoms with Crippen LogP contribution < -0.4 is 0 Å². The summed E-state index contributed by atoms with van der Waals surface area (Å²) in [5.74, 6) is 1.67. The number of hydrogen-bond donors (Lipinski definition) is 0. The molecule has 0 radical (unpaired) electrons. The van der Waals surface area contributed by atoms with Gasteiger partial charge in [0.1, 0.15) is 5.76 Å². The first-order chi connectivity index (χ1) is 14.6. The Balaban J connectivity index is 1.38. The topological polar surface area (TPSA) is 116 Å². The summed E-state index contributed by atoms with van der Waals surface area (Å²) in [4.78, 5) is 32.1. The van der Waals surface area contributed by atoms with Gasteiger partial charge in [-0.3, -0.25) is 14.9 Å². The average molecular weight is 421 g/mol. The molecule has 1 aliphatic rings. The van der Waals surface area contributed by atoms with Gasteiger partial charge in [0, 0.05) is 42.8 Å². The van der Waals surface area contributed by atoms with Crippen LogP contribution in [0.5, 0.6) is 0 Å². The van der Waals surface area contributed by atoms with Crippen molar-refractivity contribution in [1.82, 2.24) is 19.6 Å². The molecule has 1 atom stereocenters. The summed E-state index contributed by atoms with van der Waals surface area (Å²) in [6.07, 6.45) is 4.27. The van der Waals surface area contributed by atoms with Crippen molar-refractivity contribution >= 4 is 29.0 Å². The molecule has 0 unspecified atom stereocenters. The predicted octanol–water partition coefficient (Wildman–Crippen LogP) is 3.83. The van der Waals surface area contributed by atoms with Gasteiger partial charge in [-0.25, -0.2) is 9.50 Å². The van der Waals surface area contributed by atoms with E-state index >= 15 is 0 Å². The Kier molecular flexibility index (Phi) is 4.55. The zero-order chi connectivity index (χ0) is 20.7. The van der Waals surface area contributed by atoms with E-state index in [9.17, 15) is 14.9 Å². The number of fused-ring (bicyclic) bond motifs is 2. The molecule has 30 heavy (non-hydrogen) atoms. The molecule has 0 aliphatic heterocycles. The van der Waals surface area contributed by atoms with E-state index in [1.165, 1.54) is 28.4 Å². The number of benzene rings is 1. The number of nitrogens with zero attached hydrogens (tertiary/aromatic N) is 5. The van der Waals surface area contributed by atoms with Crippen LogP contribution in [0.25, 0.3) is 5.78 Å². The number of carbonyl (C=O) groups is 1. The Labute approximate surface area is 174 Å². The molecule has 5 rings (SSSR count). The fourth-order valence-electron chi connectivity index (χ4n) is 3.56. The number of aromatic nitrogens is 4. The van der Waals surface area contributed by atoms with Crippen molar-refractivity contribution in [3.63, 3.8) is 0 Å². The maximum atomic E-state index is 12.6. The van der Waals surface area contributed by atoms with E-state index in [4.69, 9.17) is 4.42 Å². The second-order valence-electron chi connectivity index (χ2n) is 7.00. The SMILES string of the molecule is O=C1C[C@@H](c2ccco2)Cc2nc3nc(SCc4cccc([N+](=O)[O-])c4)nn3cc21. The van der Waals surface area contributed by atoms with Crippen LogP contribution in [0.15, 0.2) is 58.4 Å². The monoisotopic (exact) mass is 421 g/mol. The third-order valence-electron chi connectivity index (χ3n) is 5.00. The van der Waals surface area contributed by atoms with Gasteiger partial charge in [-0.05, 0) is 17.7 Å². The van der Waals surface area contributed by atoms with Gasteiger partial charge >= 0.3 is 0 Å². The molecule has 0 bridgehead atoms. The Morgan fingerprint density at radius 3 is 2.93 bits per heavy atom. The molecule has 3 heterocycles. The van der Waals surface area contributed by atoms with E-state index in [1.54, 1.807) is 18.5 Å². The van der Waals surface area contributed by atoms with E-state index in [0.717, 1.165) is 11.3 Å². The van der Waals surface area contributed by atoms with Gasteiger partial charge in [0.05, 0.1) is 22.4 Å². The molecular formula is C20H15N5O4S. The molecule has 9 nitrogen and oxygen atoms in total. The lowest BCUT2D eigenvalue weighted by molar-refractivity contribution is -0.384. The summed E-state index contributed by atoms with van der Waals surface area (Å²) in [5.41, 5.74) is 2.11. The normalized spacial score (nSPS) is 16.0. The number of nitro groups is 1. The van der Waals surface area contributed by atoms with Crippen molar-refractivity contribution in [2.75, 3.05) is 0 Å². The van der Waals surface area contributed by atoms with Crippen LogP contribution in [-0.2, 0) is 12.2 Å². The highest BCUT2D eigenvalue weighted by Gasteiger charge is 2.30. The van der Waals surface area contributed by atoms with E-state index in [-0.39, 0.29) is 17.4 Å². The summed E-state index contributed by atoms with van der Waals surface area (Å²) in [6.45, 7) is 0. The number of ketones is 1. The molecule has 150 valence electrons. The maximum absolute atomic E-state index is 12.6. The van der Waals surface area contributed by atoms with E-state index in [0.29, 0.717) is 40.8 Å². The number of rotatable bonds is 5. The summed E-state index contributed by atoms with van der Waals surface area (Å²) < 4.78 is 6.98. The van der Waals surface area contributed by atoms with Crippen LogP contribution in [0.3, 0.4) is 0 Å². The highest BCUT2D eigenvalue weighted by atomic mass is 32.2. The van der Waals surface area contributed by atoms with Crippen LogP contribution in [-0.4, -0.2) is 30.3 Å². The number of hydrogen-bond acceptors (Lipinski definition) is 8. The second-order valence-corrected chi connectivity index (χ2v) is 7.94. The summed E-state index contributed by atoms with van der Waals surface area (Å²) in [5, 5.41) is 15.8. The first kappa shape index (κ1) is 18.5. The lowest BCUT2D eigenvalue weighted by atomic mass is 9.85. The van der Waals surface area contributed by atoms with Crippen LogP contribution in [0.1, 0.15) is 39.7 Å². The highest BCUT2D eigenvalue weighted by Crippen LogP contribution is 2.32. The molecule has 0 saturated carbocycles. The molecule has 1 aliphatic carbocycles. The summed E-state index contributed by atoms with van der Waals surface area (Å²) >= 11 is 1.36. The van der Waals surface area contributed by atoms with E-state index in [2.05, 4.69) is 15.1 Å². The van der Waals surface area contributed by atoms with Crippen molar-refractivity contribution in [2.24, 2.45) is 0 Å². The van der Waals surface area contributed by atoms with Crippen molar-refractivity contribution < 1.29 is 14.1 Å². The smallest absolute Gasteiger partial charge is 0.269 e. The van der Waals surface area contributed by atoms with Gasteiger partial charge in [0.25, 0.3) is 11.5 Å². The van der Waals surface area contributed by atoms with Gasteiger partial charge in [0.2, 0.25) is 5.16 Å². The third kappa shape index (κ3) is 3.45. The minimum atomic E-state index is -0.418.